The quantitative estimate of drug-likeness (QED) is 0.701. The SMILES string of the molecule is CN(CC1CC(O)C1)C(=O)C1(C(=O)O)CCC1. The number of hydrogen-bond donors (Lipinski definition) is 2. The maximum Gasteiger partial charge on any atom is 0.319 e. The molecule has 0 aromatic rings. The van der Waals surface area contributed by atoms with E-state index in [2.05, 4.69) is 0 Å². The molecule has 0 heterocycles. The largest absolute Gasteiger partial charge is 0.480 e. The van der Waals surface area contributed by atoms with Crippen molar-refractivity contribution in [3.8, 4) is 0 Å². The Kier molecular flexibility index (Phi) is 3.12. The van der Waals surface area contributed by atoms with Crippen LogP contribution in [0.25, 0.3) is 0 Å². The lowest BCUT2D eigenvalue weighted by Gasteiger charge is -2.41. The molecule has 0 spiro atoms. The first kappa shape index (κ1) is 12.4. The molecule has 0 aromatic heterocycles. The maximum absolute atomic E-state index is 12.1. The number of aliphatic hydroxyl groups excluding tert-OH is 1. The third-order valence-corrected chi connectivity index (χ3v) is 4.12. The minimum atomic E-state index is -1.16. The van der Waals surface area contributed by atoms with Gasteiger partial charge in [-0.1, -0.05) is 6.42 Å². The second kappa shape index (κ2) is 4.29. The second-order valence-electron chi connectivity index (χ2n) is 5.42. The van der Waals surface area contributed by atoms with Crippen LogP contribution >= 0.6 is 0 Å². The predicted octanol–water partition coefficient (Wildman–Crippen LogP) is 0.471. The molecular formula is C12H19NO4. The first-order valence-corrected chi connectivity index (χ1v) is 6.13. The average molecular weight is 241 g/mol. The zero-order chi connectivity index (χ0) is 12.6. The number of carbonyl (C=O) groups is 2. The molecule has 2 fully saturated rings. The van der Waals surface area contributed by atoms with Crippen LogP contribution in [0.3, 0.4) is 0 Å². The highest BCUT2D eigenvalue weighted by Crippen LogP contribution is 2.43. The lowest BCUT2D eigenvalue weighted by atomic mass is 9.67. The lowest BCUT2D eigenvalue weighted by Crippen LogP contribution is -2.53. The van der Waals surface area contributed by atoms with Gasteiger partial charge in [0.2, 0.25) is 5.91 Å². The third kappa shape index (κ3) is 2.04. The van der Waals surface area contributed by atoms with E-state index >= 15 is 0 Å². The summed E-state index contributed by atoms with van der Waals surface area (Å²) in [5.41, 5.74) is -1.16. The monoisotopic (exact) mass is 241 g/mol. The van der Waals surface area contributed by atoms with Gasteiger partial charge in [0.15, 0.2) is 0 Å². The number of nitrogens with zero attached hydrogens (tertiary/aromatic N) is 1. The van der Waals surface area contributed by atoms with Crippen LogP contribution in [0, 0.1) is 11.3 Å². The van der Waals surface area contributed by atoms with Crippen molar-refractivity contribution >= 4 is 11.9 Å². The molecule has 0 aromatic carbocycles. The fraction of sp³-hybridized carbons (Fsp3) is 0.833. The molecule has 17 heavy (non-hydrogen) atoms. The van der Waals surface area contributed by atoms with Gasteiger partial charge in [-0.05, 0) is 31.6 Å². The molecule has 96 valence electrons. The van der Waals surface area contributed by atoms with E-state index in [1.54, 1.807) is 7.05 Å². The van der Waals surface area contributed by atoms with Crippen LogP contribution in [0.5, 0.6) is 0 Å². The topological polar surface area (TPSA) is 77.8 Å². The Morgan fingerprint density at radius 3 is 2.29 bits per heavy atom. The normalized spacial score (nSPS) is 30.0. The minimum absolute atomic E-state index is 0.236. The number of aliphatic carboxylic acids is 1. The van der Waals surface area contributed by atoms with Crippen molar-refractivity contribution < 1.29 is 19.8 Å². The average Bonchev–Trinajstić information content (AvgIpc) is 2.12. The predicted molar refractivity (Wildman–Crippen MR) is 60.3 cm³/mol. The number of carbonyl (C=O) groups excluding carboxylic acids is 1. The van der Waals surface area contributed by atoms with E-state index in [1.165, 1.54) is 4.90 Å². The van der Waals surface area contributed by atoms with Crippen LogP contribution in [-0.2, 0) is 9.59 Å². The molecule has 0 bridgehead atoms. The molecule has 0 radical (unpaired) electrons. The van der Waals surface area contributed by atoms with Crippen LogP contribution in [-0.4, -0.2) is 46.7 Å². The van der Waals surface area contributed by atoms with Crippen molar-refractivity contribution in [3.05, 3.63) is 0 Å². The van der Waals surface area contributed by atoms with E-state index in [0.29, 0.717) is 25.3 Å². The Morgan fingerprint density at radius 2 is 1.94 bits per heavy atom. The van der Waals surface area contributed by atoms with E-state index in [-0.39, 0.29) is 12.0 Å². The van der Waals surface area contributed by atoms with Crippen molar-refractivity contribution in [2.24, 2.45) is 11.3 Å². The van der Waals surface area contributed by atoms with Crippen LogP contribution < -0.4 is 0 Å². The van der Waals surface area contributed by atoms with E-state index in [1.807, 2.05) is 0 Å². The molecule has 2 saturated carbocycles. The number of aliphatic hydroxyl groups is 1. The summed E-state index contributed by atoms with van der Waals surface area (Å²) in [5.74, 6) is -0.934. The first-order valence-electron chi connectivity index (χ1n) is 6.13. The van der Waals surface area contributed by atoms with Crippen molar-refractivity contribution in [3.63, 3.8) is 0 Å². The summed E-state index contributed by atoms with van der Waals surface area (Å²) >= 11 is 0. The van der Waals surface area contributed by atoms with Crippen molar-refractivity contribution in [1.82, 2.24) is 4.90 Å². The molecule has 1 amide bonds. The molecule has 0 aliphatic heterocycles. The Morgan fingerprint density at radius 1 is 1.35 bits per heavy atom. The standard InChI is InChI=1S/C12H19NO4/c1-13(7-8-5-9(14)6-8)10(15)12(11(16)17)3-2-4-12/h8-9,14H,2-7H2,1H3,(H,16,17). The molecule has 5 heteroatoms. The van der Waals surface area contributed by atoms with Gasteiger partial charge in [-0.2, -0.15) is 0 Å². The second-order valence-corrected chi connectivity index (χ2v) is 5.42. The molecule has 0 atom stereocenters. The summed E-state index contributed by atoms with van der Waals surface area (Å²) < 4.78 is 0. The summed E-state index contributed by atoms with van der Waals surface area (Å²) in [6.07, 6.45) is 2.93. The fourth-order valence-electron chi connectivity index (χ4n) is 2.73. The third-order valence-electron chi connectivity index (χ3n) is 4.12. The summed E-state index contributed by atoms with van der Waals surface area (Å²) in [6, 6.07) is 0. The highest BCUT2D eigenvalue weighted by atomic mass is 16.4. The Hall–Kier alpha value is -1.10. The van der Waals surface area contributed by atoms with Gasteiger partial charge in [0, 0.05) is 13.6 Å². The van der Waals surface area contributed by atoms with Crippen LogP contribution in [0.1, 0.15) is 32.1 Å². The zero-order valence-electron chi connectivity index (χ0n) is 10.1. The number of rotatable bonds is 4. The van der Waals surface area contributed by atoms with E-state index in [9.17, 15) is 14.7 Å². The molecule has 2 aliphatic carbocycles. The van der Waals surface area contributed by atoms with Crippen LogP contribution in [0.4, 0.5) is 0 Å². The Labute approximate surface area is 100 Å². The van der Waals surface area contributed by atoms with Crippen molar-refractivity contribution in [2.45, 2.75) is 38.2 Å². The van der Waals surface area contributed by atoms with Crippen LogP contribution in [0.2, 0.25) is 0 Å². The molecular weight excluding hydrogens is 222 g/mol. The molecule has 2 aliphatic rings. The minimum Gasteiger partial charge on any atom is -0.480 e. The van der Waals surface area contributed by atoms with Gasteiger partial charge in [0.25, 0.3) is 0 Å². The number of hydrogen-bond acceptors (Lipinski definition) is 3. The summed E-state index contributed by atoms with van der Waals surface area (Å²) in [7, 11) is 1.66. The van der Waals surface area contributed by atoms with Crippen molar-refractivity contribution in [2.75, 3.05) is 13.6 Å². The van der Waals surface area contributed by atoms with Gasteiger partial charge in [-0.25, -0.2) is 0 Å². The number of carboxylic acid groups (broad SMARTS) is 1. The van der Waals surface area contributed by atoms with Gasteiger partial charge in [0.1, 0.15) is 5.41 Å². The smallest absolute Gasteiger partial charge is 0.319 e. The summed E-state index contributed by atoms with van der Waals surface area (Å²) in [5, 5.41) is 18.3. The molecule has 0 saturated heterocycles. The molecule has 2 N–H and O–H groups in total. The van der Waals surface area contributed by atoms with Gasteiger partial charge < -0.3 is 15.1 Å². The first-order chi connectivity index (χ1) is 7.95. The lowest BCUT2D eigenvalue weighted by molar-refractivity contribution is -0.167. The Balaban J connectivity index is 1.92. The van der Waals surface area contributed by atoms with Gasteiger partial charge in [0.05, 0.1) is 6.10 Å². The highest BCUT2D eigenvalue weighted by molar-refractivity contribution is 6.02. The molecule has 2 rings (SSSR count). The summed E-state index contributed by atoms with van der Waals surface area (Å²) in [4.78, 5) is 24.8. The molecule has 5 nitrogen and oxygen atoms in total. The highest BCUT2D eigenvalue weighted by Gasteiger charge is 2.52. The maximum atomic E-state index is 12.1. The van der Waals surface area contributed by atoms with Gasteiger partial charge in [-0.15, -0.1) is 0 Å². The number of carboxylic acids is 1. The molecule has 0 unspecified atom stereocenters. The number of amides is 1. The van der Waals surface area contributed by atoms with Crippen LogP contribution in [0.15, 0.2) is 0 Å². The van der Waals surface area contributed by atoms with E-state index in [4.69, 9.17) is 5.11 Å². The van der Waals surface area contributed by atoms with Gasteiger partial charge in [-0.3, -0.25) is 9.59 Å². The van der Waals surface area contributed by atoms with Crippen molar-refractivity contribution in [1.29, 1.82) is 0 Å². The summed E-state index contributed by atoms with van der Waals surface area (Å²) in [6.45, 7) is 0.560. The zero-order valence-corrected chi connectivity index (χ0v) is 10.1. The van der Waals surface area contributed by atoms with E-state index in [0.717, 1.165) is 19.3 Å². The van der Waals surface area contributed by atoms with E-state index < -0.39 is 11.4 Å². The fourth-order valence-corrected chi connectivity index (χ4v) is 2.73. The van der Waals surface area contributed by atoms with Gasteiger partial charge >= 0.3 is 5.97 Å². The Bertz CT molecular complexity index is 331.